The molecule has 0 aliphatic carbocycles. The summed E-state index contributed by atoms with van der Waals surface area (Å²) in [4.78, 5) is 0. The van der Waals surface area contributed by atoms with Gasteiger partial charge in [0.15, 0.2) is 6.29 Å². The van der Waals surface area contributed by atoms with Crippen LogP contribution in [0.1, 0.15) is 65.2 Å². The van der Waals surface area contributed by atoms with Crippen LogP contribution in [-0.2, 0) is 9.47 Å². The lowest BCUT2D eigenvalue weighted by molar-refractivity contribution is -0.141. The van der Waals surface area contributed by atoms with Gasteiger partial charge in [0, 0.05) is 20.6 Å². The highest BCUT2D eigenvalue weighted by Crippen LogP contribution is 2.22. The van der Waals surface area contributed by atoms with Crippen LogP contribution < -0.4 is 0 Å². The Hall–Kier alpha value is -0.120. The minimum atomic E-state index is -0.679. The smallest absolute Gasteiger partial charge is 0.159 e. The lowest BCUT2D eigenvalue weighted by Gasteiger charge is -2.27. The van der Waals surface area contributed by atoms with Crippen LogP contribution in [0.2, 0.25) is 0 Å². The second-order valence-electron chi connectivity index (χ2n) is 5.12. The molecule has 3 nitrogen and oxygen atoms in total. The van der Waals surface area contributed by atoms with E-state index >= 15 is 0 Å². The summed E-state index contributed by atoms with van der Waals surface area (Å²) in [7, 11) is 3.21. The maximum Gasteiger partial charge on any atom is 0.159 e. The first-order valence-electron chi connectivity index (χ1n) is 6.83. The van der Waals surface area contributed by atoms with Crippen LogP contribution in [0, 0.1) is 0 Å². The van der Waals surface area contributed by atoms with E-state index in [0.29, 0.717) is 6.42 Å². The van der Waals surface area contributed by atoms with Crippen LogP contribution in [0.25, 0.3) is 0 Å². The Kier molecular flexibility index (Phi) is 9.79. The van der Waals surface area contributed by atoms with Crippen molar-refractivity contribution < 1.29 is 14.6 Å². The molecular formula is C14H30O3. The van der Waals surface area contributed by atoms with Crippen LogP contribution in [0.4, 0.5) is 0 Å². The molecule has 1 N–H and O–H groups in total. The van der Waals surface area contributed by atoms with Crippen molar-refractivity contribution in [2.24, 2.45) is 0 Å². The molecule has 1 atom stereocenters. The van der Waals surface area contributed by atoms with E-state index in [2.05, 4.69) is 6.92 Å². The second-order valence-corrected chi connectivity index (χ2v) is 5.12. The summed E-state index contributed by atoms with van der Waals surface area (Å²) in [6, 6.07) is 0. The lowest BCUT2D eigenvalue weighted by atomic mass is 9.94. The first kappa shape index (κ1) is 16.9. The van der Waals surface area contributed by atoms with Gasteiger partial charge in [-0.1, -0.05) is 45.4 Å². The molecule has 3 heteroatoms. The number of hydrogen-bond donors (Lipinski definition) is 1. The third-order valence-electron chi connectivity index (χ3n) is 3.20. The van der Waals surface area contributed by atoms with Crippen molar-refractivity contribution in [1.82, 2.24) is 0 Å². The number of unbranched alkanes of at least 4 members (excludes halogenated alkanes) is 5. The van der Waals surface area contributed by atoms with Crippen LogP contribution >= 0.6 is 0 Å². The van der Waals surface area contributed by atoms with Gasteiger partial charge < -0.3 is 14.6 Å². The summed E-state index contributed by atoms with van der Waals surface area (Å²) < 4.78 is 10.2. The predicted molar refractivity (Wildman–Crippen MR) is 71.0 cm³/mol. The van der Waals surface area contributed by atoms with Gasteiger partial charge in [-0.2, -0.15) is 0 Å². The molecule has 1 unspecified atom stereocenters. The van der Waals surface area contributed by atoms with Crippen LogP contribution in [0.15, 0.2) is 0 Å². The average Bonchev–Trinajstić information content (AvgIpc) is 2.30. The van der Waals surface area contributed by atoms with Gasteiger partial charge in [0.05, 0.1) is 5.60 Å². The van der Waals surface area contributed by atoms with Gasteiger partial charge in [0.2, 0.25) is 0 Å². The molecule has 0 radical (unpaired) electrons. The monoisotopic (exact) mass is 246 g/mol. The molecular weight excluding hydrogens is 216 g/mol. The van der Waals surface area contributed by atoms with Crippen molar-refractivity contribution in [1.29, 1.82) is 0 Å². The number of aliphatic hydroxyl groups is 1. The maximum absolute atomic E-state index is 10.2. The van der Waals surface area contributed by atoms with Gasteiger partial charge in [-0.25, -0.2) is 0 Å². The van der Waals surface area contributed by atoms with E-state index in [4.69, 9.17) is 9.47 Å². The van der Waals surface area contributed by atoms with Gasteiger partial charge in [-0.15, -0.1) is 0 Å². The summed E-state index contributed by atoms with van der Waals surface area (Å²) in [6.45, 7) is 4.09. The largest absolute Gasteiger partial charge is 0.390 e. The van der Waals surface area contributed by atoms with E-state index in [1.165, 1.54) is 32.1 Å². The predicted octanol–water partition coefficient (Wildman–Crippen LogP) is 3.50. The van der Waals surface area contributed by atoms with Gasteiger partial charge in [0.1, 0.15) is 0 Å². The summed E-state index contributed by atoms with van der Waals surface area (Å²) in [5, 5.41) is 10.2. The molecule has 0 aromatic carbocycles. The maximum atomic E-state index is 10.2. The Balaban J connectivity index is 3.62. The van der Waals surface area contributed by atoms with Crippen LogP contribution in [0.5, 0.6) is 0 Å². The van der Waals surface area contributed by atoms with Crippen molar-refractivity contribution in [2.45, 2.75) is 77.1 Å². The Labute approximate surface area is 107 Å². The first-order valence-corrected chi connectivity index (χ1v) is 6.83. The highest BCUT2D eigenvalue weighted by Gasteiger charge is 2.24. The molecule has 0 saturated heterocycles. The van der Waals surface area contributed by atoms with Crippen molar-refractivity contribution in [2.75, 3.05) is 14.2 Å². The first-order chi connectivity index (χ1) is 8.05. The second kappa shape index (κ2) is 9.86. The fourth-order valence-corrected chi connectivity index (χ4v) is 2.01. The van der Waals surface area contributed by atoms with E-state index in [0.717, 1.165) is 12.8 Å². The third kappa shape index (κ3) is 9.57. The van der Waals surface area contributed by atoms with E-state index in [1.54, 1.807) is 14.2 Å². The zero-order valence-electron chi connectivity index (χ0n) is 12.0. The van der Waals surface area contributed by atoms with Crippen molar-refractivity contribution in [3.63, 3.8) is 0 Å². The summed E-state index contributed by atoms with van der Waals surface area (Å²) in [5.41, 5.74) is -0.679. The van der Waals surface area contributed by atoms with E-state index in [1.807, 2.05) is 6.92 Å². The molecule has 0 bridgehead atoms. The third-order valence-corrected chi connectivity index (χ3v) is 3.20. The quantitative estimate of drug-likeness (QED) is 0.448. The molecule has 0 heterocycles. The topological polar surface area (TPSA) is 38.7 Å². The molecule has 0 rings (SSSR count). The van der Waals surface area contributed by atoms with Gasteiger partial charge in [0.25, 0.3) is 0 Å². The number of rotatable bonds is 11. The Morgan fingerprint density at radius 2 is 1.53 bits per heavy atom. The lowest BCUT2D eigenvalue weighted by Crippen LogP contribution is -2.31. The molecule has 0 saturated carbocycles. The molecule has 17 heavy (non-hydrogen) atoms. The van der Waals surface area contributed by atoms with Crippen molar-refractivity contribution in [3.05, 3.63) is 0 Å². The summed E-state index contributed by atoms with van der Waals surface area (Å²) in [5.74, 6) is 0. The van der Waals surface area contributed by atoms with Gasteiger partial charge in [-0.05, 0) is 13.3 Å². The fourth-order valence-electron chi connectivity index (χ4n) is 2.01. The average molecular weight is 246 g/mol. The van der Waals surface area contributed by atoms with Gasteiger partial charge >= 0.3 is 0 Å². The number of hydrogen-bond acceptors (Lipinski definition) is 3. The normalized spacial score (nSPS) is 15.2. The Bertz CT molecular complexity index is 165. The highest BCUT2D eigenvalue weighted by atomic mass is 16.7. The zero-order chi connectivity index (χ0) is 13.1. The van der Waals surface area contributed by atoms with Crippen LogP contribution in [0.3, 0.4) is 0 Å². The SMILES string of the molecule is CCCCCCCCC(C)(O)CC(OC)OC. The Morgan fingerprint density at radius 3 is 2.06 bits per heavy atom. The van der Waals surface area contributed by atoms with Crippen molar-refractivity contribution >= 4 is 0 Å². The number of ether oxygens (including phenoxy) is 2. The van der Waals surface area contributed by atoms with E-state index < -0.39 is 5.60 Å². The molecule has 0 amide bonds. The Morgan fingerprint density at radius 1 is 1.00 bits per heavy atom. The molecule has 0 aromatic rings. The molecule has 0 spiro atoms. The van der Waals surface area contributed by atoms with Crippen LogP contribution in [-0.4, -0.2) is 31.2 Å². The fraction of sp³-hybridized carbons (Fsp3) is 1.00. The summed E-state index contributed by atoms with van der Waals surface area (Å²) >= 11 is 0. The minimum Gasteiger partial charge on any atom is -0.390 e. The minimum absolute atomic E-state index is 0.301. The van der Waals surface area contributed by atoms with E-state index in [-0.39, 0.29) is 6.29 Å². The molecule has 104 valence electrons. The molecule has 0 aliphatic heterocycles. The number of methoxy groups -OCH3 is 2. The molecule has 0 aromatic heterocycles. The van der Waals surface area contributed by atoms with E-state index in [9.17, 15) is 5.11 Å². The molecule has 0 aliphatic rings. The standard InChI is InChI=1S/C14H30O3/c1-5-6-7-8-9-10-11-14(2,15)12-13(16-3)17-4/h13,15H,5-12H2,1-4H3. The zero-order valence-corrected chi connectivity index (χ0v) is 12.0. The molecule has 0 fully saturated rings. The van der Waals surface area contributed by atoms with Gasteiger partial charge in [-0.3, -0.25) is 0 Å². The highest BCUT2D eigenvalue weighted by molar-refractivity contribution is 4.74. The van der Waals surface area contributed by atoms with Crippen molar-refractivity contribution in [3.8, 4) is 0 Å². The summed E-state index contributed by atoms with van der Waals surface area (Å²) in [6.07, 6.45) is 8.55.